The van der Waals surface area contributed by atoms with Gasteiger partial charge in [-0.2, -0.15) is 5.10 Å². The van der Waals surface area contributed by atoms with Crippen LogP contribution in [-0.4, -0.2) is 19.6 Å². The van der Waals surface area contributed by atoms with Crippen LogP contribution in [0.5, 0.6) is 0 Å². The van der Waals surface area contributed by atoms with Crippen molar-refractivity contribution in [3.63, 3.8) is 0 Å². The molecule has 0 amide bonds. The van der Waals surface area contributed by atoms with Gasteiger partial charge in [0.25, 0.3) is 0 Å². The molecule has 2 N–H and O–H groups in total. The maximum absolute atomic E-state index is 5.61. The van der Waals surface area contributed by atoms with Crippen LogP contribution in [0.1, 0.15) is 5.69 Å². The Kier molecular flexibility index (Phi) is 1.77. The van der Waals surface area contributed by atoms with Gasteiger partial charge in [0.1, 0.15) is 6.33 Å². The van der Waals surface area contributed by atoms with Crippen LogP contribution in [0, 0.1) is 6.92 Å². The molecule has 0 aliphatic carbocycles. The lowest BCUT2D eigenvalue weighted by molar-refractivity contribution is 0.933. The lowest BCUT2D eigenvalue weighted by Crippen LogP contribution is -1.88. The first-order valence-corrected chi connectivity index (χ1v) is 5.96. The predicted octanol–water partition coefficient (Wildman–Crippen LogP) is 1.80. The molecule has 0 aromatic carbocycles. The lowest BCUT2D eigenvalue weighted by atomic mass is 10.3. The van der Waals surface area contributed by atoms with E-state index in [1.165, 1.54) is 11.3 Å². The summed E-state index contributed by atoms with van der Waals surface area (Å²) >= 11 is 3.02. The van der Waals surface area contributed by atoms with Gasteiger partial charge in [0.2, 0.25) is 4.96 Å². The number of anilines is 1. The average Bonchev–Trinajstić information content (AvgIpc) is 2.84. The molecule has 0 saturated heterocycles. The second-order valence-corrected chi connectivity index (χ2v) is 4.91. The molecule has 0 unspecified atom stereocenters. The van der Waals surface area contributed by atoms with Gasteiger partial charge >= 0.3 is 0 Å². The van der Waals surface area contributed by atoms with Gasteiger partial charge in [-0.3, -0.25) is 0 Å². The molecule has 3 heterocycles. The van der Waals surface area contributed by atoms with Gasteiger partial charge in [0.15, 0.2) is 5.13 Å². The third kappa shape index (κ3) is 1.24. The van der Waals surface area contributed by atoms with Crippen molar-refractivity contribution in [1.29, 1.82) is 0 Å². The van der Waals surface area contributed by atoms with Gasteiger partial charge < -0.3 is 5.73 Å². The summed E-state index contributed by atoms with van der Waals surface area (Å²) in [4.78, 5) is 10.4. The van der Waals surface area contributed by atoms with E-state index in [4.69, 9.17) is 5.73 Å². The Morgan fingerprint density at radius 2 is 2.33 bits per heavy atom. The highest BCUT2D eigenvalue weighted by Gasteiger charge is 2.13. The highest BCUT2D eigenvalue weighted by Crippen LogP contribution is 2.32. The summed E-state index contributed by atoms with van der Waals surface area (Å²) in [6.07, 6.45) is 1.55. The standard InChI is InChI=1S/C8H7N5S2/c1-4-6(5-2-14-7(9)12-5)15-8-10-3-11-13(4)8/h2-3H,1H3,(H2,9,12). The number of thiazole rings is 2. The topological polar surface area (TPSA) is 69.1 Å². The van der Waals surface area contributed by atoms with Crippen molar-refractivity contribution in [1.82, 2.24) is 19.6 Å². The molecular weight excluding hydrogens is 230 g/mol. The van der Waals surface area contributed by atoms with Crippen LogP contribution in [0.25, 0.3) is 15.5 Å². The van der Waals surface area contributed by atoms with E-state index in [2.05, 4.69) is 15.1 Å². The van der Waals surface area contributed by atoms with Gasteiger partial charge in [-0.25, -0.2) is 14.5 Å². The first kappa shape index (κ1) is 8.81. The summed E-state index contributed by atoms with van der Waals surface area (Å²) in [6.45, 7) is 2.00. The smallest absolute Gasteiger partial charge is 0.212 e. The molecule has 0 aliphatic rings. The van der Waals surface area contributed by atoms with Gasteiger partial charge in [-0.1, -0.05) is 11.3 Å². The number of nitrogens with zero attached hydrogens (tertiary/aromatic N) is 4. The number of rotatable bonds is 1. The first-order chi connectivity index (χ1) is 7.25. The Bertz CT molecular complexity index is 620. The van der Waals surface area contributed by atoms with Crippen LogP contribution in [0.2, 0.25) is 0 Å². The fourth-order valence-electron chi connectivity index (χ4n) is 1.42. The summed E-state index contributed by atoms with van der Waals surface area (Å²) in [6, 6.07) is 0. The molecule has 0 fully saturated rings. The Morgan fingerprint density at radius 3 is 3.00 bits per heavy atom. The number of fused-ring (bicyclic) bond motifs is 1. The van der Waals surface area contributed by atoms with E-state index in [-0.39, 0.29) is 0 Å². The van der Waals surface area contributed by atoms with Gasteiger partial charge in [0.05, 0.1) is 16.3 Å². The average molecular weight is 237 g/mol. The van der Waals surface area contributed by atoms with E-state index in [1.807, 2.05) is 16.8 Å². The van der Waals surface area contributed by atoms with Gasteiger partial charge in [0, 0.05) is 5.38 Å². The second kappa shape index (κ2) is 3.01. The predicted molar refractivity (Wildman–Crippen MR) is 61.1 cm³/mol. The number of nitrogens with two attached hydrogens (primary N) is 1. The van der Waals surface area contributed by atoms with E-state index in [0.717, 1.165) is 21.2 Å². The SMILES string of the molecule is Cc1c(-c2csc(N)n2)sc2ncnn12. The van der Waals surface area contributed by atoms with E-state index in [1.54, 1.807) is 17.7 Å². The molecule has 0 atom stereocenters. The summed E-state index contributed by atoms with van der Waals surface area (Å²) in [7, 11) is 0. The summed E-state index contributed by atoms with van der Waals surface area (Å²) in [5.74, 6) is 0. The Labute approximate surface area is 93.2 Å². The lowest BCUT2D eigenvalue weighted by Gasteiger charge is -1.92. The minimum absolute atomic E-state index is 0.586. The molecule has 76 valence electrons. The van der Waals surface area contributed by atoms with Gasteiger partial charge in [-0.15, -0.1) is 11.3 Å². The number of hydrogen-bond acceptors (Lipinski definition) is 6. The minimum atomic E-state index is 0.586. The van der Waals surface area contributed by atoms with Crippen molar-refractivity contribution >= 4 is 32.8 Å². The zero-order valence-corrected chi connectivity index (χ0v) is 9.47. The van der Waals surface area contributed by atoms with E-state index in [9.17, 15) is 0 Å². The molecule has 3 aromatic rings. The number of aromatic nitrogens is 4. The van der Waals surface area contributed by atoms with Crippen LogP contribution < -0.4 is 5.73 Å². The molecule has 15 heavy (non-hydrogen) atoms. The van der Waals surface area contributed by atoms with Crippen molar-refractivity contribution in [3.8, 4) is 10.6 Å². The van der Waals surface area contributed by atoms with E-state index in [0.29, 0.717) is 5.13 Å². The van der Waals surface area contributed by atoms with Crippen molar-refractivity contribution in [2.75, 3.05) is 5.73 Å². The first-order valence-electron chi connectivity index (χ1n) is 4.26. The molecule has 0 bridgehead atoms. The molecule has 7 heteroatoms. The summed E-state index contributed by atoms with van der Waals surface area (Å²) in [5, 5.41) is 6.67. The van der Waals surface area contributed by atoms with Crippen molar-refractivity contribution in [3.05, 3.63) is 17.4 Å². The zero-order chi connectivity index (χ0) is 10.4. The van der Waals surface area contributed by atoms with Crippen molar-refractivity contribution < 1.29 is 0 Å². The summed E-state index contributed by atoms with van der Waals surface area (Å²) < 4.78 is 1.82. The molecule has 0 saturated carbocycles. The molecule has 3 rings (SSSR count). The minimum Gasteiger partial charge on any atom is -0.375 e. The third-order valence-electron chi connectivity index (χ3n) is 2.11. The highest BCUT2D eigenvalue weighted by molar-refractivity contribution is 7.21. The third-order valence-corrected chi connectivity index (χ3v) is 3.95. The molecule has 0 radical (unpaired) electrons. The Morgan fingerprint density at radius 1 is 1.47 bits per heavy atom. The fraction of sp³-hybridized carbons (Fsp3) is 0.125. The number of hydrogen-bond donors (Lipinski definition) is 1. The molecule has 0 spiro atoms. The normalized spacial score (nSPS) is 11.3. The van der Waals surface area contributed by atoms with Crippen LogP contribution in [-0.2, 0) is 0 Å². The van der Waals surface area contributed by atoms with Gasteiger partial charge in [-0.05, 0) is 6.92 Å². The largest absolute Gasteiger partial charge is 0.375 e. The van der Waals surface area contributed by atoms with Crippen LogP contribution in [0.3, 0.4) is 0 Å². The maximum Gasteiger partial charge on any atom is 0.212 e. The van der Waals surface area contributed by atoms with Crippen LogP contribution in [0.15, 0.2) is 11.7 Å². The molecule has 5 nitrogen and oxygen atoms in total. The van der Waals surface area contributed by atoms with E-state index < -0.39 is 0 Å². The molecule has 3 aromatic heterocycles. The summed E-state index contributed by atoms with van der Waals surface area (Å²) in [5.41, 5.74) is 7.57. The molecular formula is C8H7N5S2. The Hall–Kier alpha value is -1.47. The fourth-order valence-corrected chi connectivity index (χ4v) is 3.05. The van der Waals surface area contributed by atoms with Crippen LogP contribution >= 0.6 is 22.7 Å². The highest BCUT2D eigenvalue weighted by atomic mass is 32.1. The van der Waals surface area contributed by atoms with Crippen molar-refractivity contribution in [2.45, 2.75) is 6.92 Å². The molecule has 0 aliphatic heterocycles. The second-order valence-electron chi connectivity index (χ2n) is 3.04. The van der Waals surface area contributed by atoms with Crippen molar-refractivity contribution in [2.24, 2.45) is 0 Å². The maximum atomic E-state index is 5.61. The van der Waals surface area contributed by atoms with E-state index >= 15 is 0 Å². The quantitative estimate of drug-likeness (QED) is 0.700. The Balaban J connectivity index is 2.26. The number of nitrogen functional groups attached to an aromatic ring is 1. The monoisotopic (exact) mass is 237 g/mol. The zero-order valence-electron chi connectivity index (χ0n) is 7.84. The van der Waals surface area contributed by atoms with Crippen LogP contribution in [0.4, 0.5) is 5.13 Å². The number of aryl methyl sites for hydroxylation is 1.